The summed E-state index contributed by atoms with van der Waals surface area (Å²) in [5.74, 6) is 0.128. The second-order valence-electron chi connectivity index (χ2n) is 5.27. The van der Waals surface area contributed by atoms with Crippen molar-refractivity contribution in [2.75, 3.05) is 13.1 Å². The molecule has 0 spiro atoms. The number of carbonyl (C=O) groups is 1. The molecule has 0 atom stereocenters. The van der Waals surface area contributed by atoms with E-state index in [1.165, 1.54) is 0 Å². The summed E-state index contributed by atoms with van der Waals surface area (Å²) in [6.45, 7) is 6.02. The van der Waals surface area contributed by atoms with Crippen molar-refractivity contribution < 1.29 is 4.79 Å². The van der Waals surface area contributed by atoms with Crippen LogP contribution in [0.5, 0.6) is 0 Å². The lowest BCUT2D eigenvalue weighted by Crippen LogP contribution is -2.33. The average molecular weight is 272 g/mol. The normalized spacial score (nSPS) is 10.9. The van der Waals surface area contributed by atoms with Crippen molar-refractivity contribution in [3.05, 3.63) is 36.0 Å². The van der Waals surface area contributed by atoms with Crippen LogP contribution in [0, 0.1) is 0 Å². The number of carbonyl (C=O) groups excluding carboxylic acids is 1. The molecule has 0 saturated heterocycles. The van der Waals surface area contributed by atoms with Gasteiger partial charge in [0.05, 0.1) is 0 Å². The number of H-pyrrole nitrogens is 1. The van der Waals surface area contributed by atoms with E-state index in [-0.39, 0.29) is 5.91 Å². The van der Waals surface area contributed by atoms with E-state index in [2.05, 4.69) is 18.8 Å². The molecule has 0 fully saturated rings. The second-order valence-corrected chi connectivity index (χ2v) is 5.27. The van der Waals surface area contributed by atoms with Crippen molar-refractivity contribution in [1.29, 1.82) is 0 Å². The van der Waals surface area contributed by atoms with Gasteiger partial charge in [0.25, 0.3) is 5.91 Å². The molecule has 0 saturated carbocycles. The fourth-order valence-electron chi connectivity index (χ4n) is 2.37. The number of amides is 1. The number of aromatic nitrogens is 1. The fourth-order valence-corrected chi connectivity index (χ4v) is 2.37. The van der Waals surface area contributed by atoms with Crippen LogP contribution in [0.15, 0.2) is 30.3 Å². The highest BCUT2D eigenvalue weighted by Gasteiger charge is 2.16. The van der Waals surface area contributed by atoms with Gasteiger partial charge in [-0.05, 0) is 25.0 Å². The van der Waals surface area contributed by atoms with Crippen molar-refractivity contribution in [3.63, 3.8) is 0 Å². The molecule has 3 nitrogen and oxygen atoms in total. The van der Waals surface area contributed by atoms with Crippen molar-refractivity contribution in [3.8, 4) is 0 Å². The van der Waals surface area contributed by atoms with Crippen molar-refractivity contribution in [2.24, 2.45) is 0 Å². The zero-order valence-corrected chi connectivity index (χ0v) is 12.5. The summed E-state index contributed by atoms with van der Waals surface area (Å²) in [7, 11) is 0. The number of nitrogens with zero attached hydrogens (tertiary/aromatic N) is 1. The molecule has 0 radical (unpaired) electrons. The molecule has 108 valence electrons. The Morgan fingerprint density at radius 3 is 2.35 bits per heavy atom. The van der Waals surface area contributed by atoms with E-state index in [0.717, 1.165) is 49.7 Å². The van der Waals surface area contributed by atoms with Gasteiger partial charge in [-0.25, -0.2) is 0 Å². The Morgan fingerprint density at radius 2 is 1.75 bits per heavy atom. The van der Waals surface area contributed by atoms with Gasteiger partial charge in [-0.2, -0.15) is 0 Å². The molecule has 0 bridgehead atoms. The Bertz CT molecular complexity index is 518. The molecule has 20 heavy (non-hydrogen) atoms. The average Bonchev–Trinajstić information content (AvgIpc) is 2.90. The molecule has 0 aliphatic rings. The first kappa shape index (κ1) is 14.6. The van der Waals surface area contributed by atoms with Crippen LogP contribution >= 0.6 is 0 Å². The molecule has 2 rings (SSSR count). The maximum Gasteiger partial charge on any atom is 0.270 e. The Labute approximate surface area is 121 Å². The van der Waals surface area contributed by atoms with Gasteiger partial charge >= 0.3 is 0 Å². The second kappa shape index (κ2) is 7.13. The number of fused-ring (bicyclic) bond motifs is 1. The Hall–Kier alpha value is -1.77. The van der Waals surface area contributed by atoms with Gasteiger partial charge < -0.3 is 9.88 Å². The predicted molar refractivity (Wildman–Crippen MR) is 84.0 cm³/mol. The third kappa shape index (κ3) is 3.41. The number of hydrogen-bond acceptors (Lipinski definition) is 1. The van der Waals surface area contributed by atoms with Crippen LogP contribution in [0.1, 0.15) is 50.0 Å². The smallest absolute Gasteiger partial charge is 0.270 e. The maximum absolute atomic E-state index is 12.6. The SMILES string of the molecule is CCCCN(CCCC)C(=O)c1cc2ccccc2[nH]1. The van der Waals surface area contributed by atoms with Gasteiger partial charge in [0.1, 0.15) is 5.69 Å². The minimum Gasteiger partial charge on any atom is -0.351 e. The summed E-state index contributed by atoms with van der Waals surface area (Å²) in [4.78, 5) is 17.8. The molecule has 0 unspecified atom stereocenters. The quantitative estimate of drug-likeness (QED) is 0.805. The number of benzene rings is 1. The van der Waals surface area contributed by atoms with Crippen LogP contribution in [0.2, 0.25) is 0 Å². The number of aromatic amines is 1. The van der Waals surface area contributed by atoms with E-state index >= 15 is 0 Å². The monoisotopic (exact) mass is 272 g/mol. The lowest BCUT2D eigenvalue weighted by atomic mass is 10.2. The number of nitrogens with one attached hydrogen (secondary N) is 1. The topological polar surface area (TPSA) is 36.1 Å². The third-order valence-corrected chi connectivity index (χ3v) is 3.61. The van der Waals surface area contributed by atoms with Crippen LogP contribution in [-0.2, 0) is 0 Å². The first-order valence-corrected chi connectivity index (χ1v) is 7.63. The molecule has 1 aromatic heterocycles. The molecular weight excluding hydrogens is 248 g/mol. The van der Waals surface area contributed by atoms with Gasteiger partial charge in [0.2, 0.25) is 0 Å². The summed E-state index contributed by atoms with van der Waals surface area (Å²) in [5, 5.41) is 1.10. The van der Waals surface area contributed by atoms with Gasteiger partial charge in [0, 0.05) is 24.0 Å². The lowest BCUT2D eigenvalue weighted by Gasteiger charge is -2.21. The lowest BCUT2D eigenvalue weighted by molar-refractivity contribution is 0.0746. The van der Waals surface area contributed by atoms with Gasteiger partial charge in [-0.1, -0.05) is 44.9 Å². The maximum atomic E-state index is 12.6. The highest BCUT2D eigenvalue weighted by atomic mass is 16.2. The van der Waals surface area contributed by atoms with E-state index in [1.807, 2.05) is 35.2 Å². The summed E-state index contributed by atoms with van der Waals surface area (Å²) < 4.78 is 0. The first-order chi connectivity index (χ1) is 9.76. The van der Waals surface area contributed by atoms with E-state index in [0.29, 0.717) is 5.69 Å². The third-order valence-electron chi connectivity index (χ3n) is 3.61. The number of unbranched alkanes of at least 4 members (excludes halogenated alkanes) is 2. The largest absolute Gasteiger partial charge is 0.351 e. The number of hydrogen-bond donors (Lipinski definition) is 1. The predicted octanol–water partition coefficient (Wildman–Crippen LogP) is 4.21. The molecule has 2 aromatic rings. The van der Waals surface area contributed by atoms with E-state index in [4.69, 9.17) is 0 Å². The Balaban J connectivity index is 2.16. The summed E-state index contributed by atoms with van der Waals surface area (Å²) in [5.41, 5.74) is 1.74. The zero-order chi connectivity index (χ0) is 14.4. The Kier molecular flexibility index (Phi) is 5.22. The van der Waals surface area contributed by atoms with Crippen LogP contribution in [0.3, 0.4) is 0 Å². The van der Waals surface area contributed by atoms with Gasteiger partial charge in [-0.15, -0.1) is 0 Å². The van der Waals surface area contributed by atoms with Gasteiger partial charge in [-0.3, -0.25) is 4.79 Å². The minimum atomic E-state index is 0.128. The highest BCUT2D eigenvalue weighted by Crippen LogP contribution is 2.16. The summed E-state index contributed by atoms with van der Waals surface area (Å²) in [6.07, 6.45) is 4.36. The summed E-state index contributed by atoms with van der Waals surface area (Å²) in [6, 6.07) is 9.98. The molecule has 1 heterocycles. The van der Waals surface area contributed by atoms with Crippen LogP contribution < -0.4 is 0 Å². The molecule has 1 amide bonds. The molecule has 0 aliphatic heterocycles. The Morgan fingerprint density at radius 1 is 1.10 bits per heavy atom. The van der Waals surface area contributed by atoms with Crippen molar-refractivity contribution in [1.82, 2.24) is 9.88 Å². The van der Waals surface area contributed by atoms with Gasteiger partial charge in [0.15, 0.2) is 0 Å². The molecule has 0 aliphatic carbocycles. The highest BCUT2D eigenvalue weighted by molar-refractivity contribution is 5.98. The van der Waals surface area contributed by atoms with E-state index in [1.54, 1.807) is 0 Å². The molecular formula is C17H24N2O. The van der Waals surface area contributed by atoms with E-state index in [9.17, 15) is 4.79 Å². The molecule has 3 heteroatoms. The first-order valence-electron chi connectivity index (χ1n) is 7.63. The number of rotatable bonds is 7. The van der Waals surface area contributed by atoms with Crippen molar-refractivity contribution in [2.45, 2.75) is 39.5 Å². The molecule has 1 aromatic carbocycles. The molecule has 1 N–H and O–H groups in total. The van der Waals surface area contributed by atoms with Crippen molar-refractivity contribution >= 4 is 16.8 Å². The summed E-state index contributed by atoms with van der Waals surface area (Å²) >= 11 is 0. The zero-order valence-electron chi connectivity index (χ0n) is 12.5. The minimum absolute atomic E-state index is 0.128. The van der Waals surface area contributed by atoms with Crippen LogP contribution in [0.4, 0.5) is 0 Å². The number of para-hydroxylation sites is 1. The van der Waals surface area contributed by atoms with Crippen LogP contribution in [-0.4, -0.2) is 28.9 Å². The fraction of sp³-hybridized carbons (Fsp3) is 0.471. The van der Waals surface area contributed by atoms with Crippen LogP contribution in [0.25, 0.3) is 10.9 Å². The van der Waals surface area contributed by atoms with E-state index < -0.39 is 0 Å². The standard InChI is InChI=1S/C17H24N2O/c1-3-5-11-19(12-6-4-2)17(20)16-13-14-9-7-8-10-15(14)18-16/h7-10,13,18H,3-6,11-12H2,1-2H3.